The number of benzene rings is 3. The quantitative estimate of drug-likeness (QED) is 0.483. The minimum atomic E-state index is -0.219. The Balaban J connectivity index is 1.50. The third-order valence-corrected chi connectivity index (χ3v) is 4.60. The topological polar surface area (TPSA) is 35.5 Å². The largest absolute Gasteiger partial charge is 0.497 e. The molecule has 0 aliphatic heterocycles. The fraction of sp³-hybridized carbons (Fsp3) is 0.150. The van der Waals surface area contributed by atoms with Crippen LogP contribution in [0.15, 0.2) is 71.6 Å². The molecule has 0 heterocycles. The molecule has 0 spiro atoms. The van der Waals surface area contributed by atoms with Gasteiger partial charge in [-0.05, 0) is 40.6 Å². The molecule has 0 saturated heterocycles. The lowest BCUT2D eigenvalue weighted by atomic mass is 10.1. The lowest BCUT2D eigenvalue weighted by molar-refractivity contribution is -0.141. The normalized spacial score (nSPS) is 10.5. The van der Waals surface area contributed by atoms with Gasteiger partial charge in [-0.25, -0.2) is 0 Å². The Morgan fingerprint density at radius 3 is 2.46 bits per heavy atom. The maximum atomic E-state index is 11.9. The highest BCUT2D eigenvalue weighted by molar-refractivity contribution is 8.00. The van der Waals surface area contributed by atoms with Gasteiger partial charge in [0.15, 0.2) is 0 Å². The molecule has 0 aliphatic rings. The average Bonchev–Trinajstić information content (AvgIpc) is 2.65. The molecular weight excluding hydrogens is 320 g/mol. The molecule has 4 heteroatoms. The molecule has 3 aromatic carbocycles. The van der Waals surface area contributed by atoms with Gasteiger partial charge >= 0.3 is 5.97 Å². The van der Waals surface area contributed by atoms with Crippen LogP contribution in [-0.2, 0) is 16.1 Å². The maximum Gasteiger partial charge on any atom is 0.316 e. The zero-order chi connectivity index (χ0) is 16.8. The van der Waals surface area contributed by atoms with Crippen molar-refractivity contribution in [2.24, 2.45) is 0 Å². The second-order valence-corrected chi connectivity index (χ2v) is 6.36. The summed E-state index contributed by atoms with van der Waals surface area (Å²) in [7, 11) is 1.62. The molecule has 3 aromatic rings. The molecule has 0 radical (unpaired) electrons. The number of hydrogen-bond acceptors (Lipinski definition) is 4. The Labute approximate surface area is 145 Å². The SMILES string of the molecule is COc1ccc(COC(=O)CSc2ccc3ccccc3c2)cc1. The van der Waals surface area contributed by atoms with Crippen LogP contribution in [0, 0.1) is 0 Å². The van der Waals surface area contributed by atoms with Gasteiger partial charge in [0, 0.05) is 4.90 Å². The van der Waals surface area contributed by atoms with Gasteiger partial charge in [-0.3, -0.25) is 4.79 Å². The van der Waals surface area contributed by atoms with Gasteiger partial charge < -0.3 is 9.47 Å². The molecule has 24 heavy (non-hydrogen) atoms. The summed E-state index contributed by atoms with van der Waals surface area (Å²) in [6.45, 7) is 0.279. The molecule has 0 atom stereocenters. The summed E-state index contributed by atoms with van der Waals surface area (Å²) >= 11 is 1.49. The summed E-state index contributed by atoms with van der Waals surface area (Å²) in [6.07, 6.45) is 0. The summed E-state index contributed by atoms with van der Waals surface area (Å²) in [5.41, 5.74) is 0.944. The minimum absolute atomic E-state index is 0.219. The van der Waals surface area contributed by atoms with E-state index in [1.54, 1.807) is 7.11 Å². The molecule has 0 N–H and O–H groups in total. The zero-order valence-electron chi connectivity index (χ0n) is 13.4. The molecule has 3 nitrogen and oxygen atoms in total. The molecule has 3 rings (SSSR count). The van der Waals surface area contributed by atoms with Crippen LogP contribution in [0.3, 0.4) is 0 Å². The number of methoxy groups -OCH3 is 1. The van der Waals surface area contributed by atoms with Crippen LogP contribution in [0.2, 0.25) is 0 Å². The van der Waals surface area contributed by atoms with E-state index in [1.807, 2.05) is 42.5 Å². The smallest absolute Gasteiger partial charge is 0.316 e. The van der Waals surface area contributed by atoms with Crippen molar-refractivity contribution < 1.29 is 14.3 Å². The average molecular weight is 338 g/mol. The first kappa shape index (κ1) is 16.4. The van der Waals surface area contributed by atoms with E-state index in [9.17, 15) is 4.79 Å². The van der Waals surface area contributed by atoms with Gasteiger partial charge in [0.1, 0.15) is 12.4 Å². The van der Waals surface area contributed by atoms with Crippen molar-refractivity contribution in [2.45, 2.75) is 11.5 Å². The van der Waals surface area contributed by atoms with E-state index in [0.29, 0.717) is 5.75 Å². The fourth-order valence-corrected chi connectivity index (χ4v) is 3.07. The highest BCUT2D eigenvalue weighted by Gasteiger charge is 2.06. The van der Waals surface area contributed by atoms with Crippen molar-refractivity contribution in [1.82, 2.24) is 0 Å². The Morgan fingerprint density at radius 1 is 0.958 bits per heavy atom. The molecule has 0 fully saturated rings. The van der Waals surface area contributed by atoms with Crippen LogP contribution in [-0.4, -0.2) is 18.8 Å². The van der Waals surface area contributed by atoms with Crippen LogP contribution in [0.4, 0.5) is 0 Å². The van der Waals surface area contributed by atoms with Crippen LogP contribution < -0.4 is 4.74 Å². The predicted molar refractivity (Wildman–Crippen MR) is 97.5 cm³/mol. The maximum absolute atomic E-state index is 11.9. The van der Waals surface area contributed by atoms with Gasteiger partial charge in [-0.1, -0.05) is 42.5 Å². The van der Waals surface area contributed by atoms with Crippen molar-refractivity contribution in [3.63, 3.8) is 0 Å². The van der Waals surface area contributed by atoms with E-state index in [0.717, 1.165) is 16.2 Å². The third kappa shape index (κ3) is 4.30. The summed E-state index contributed by atoms with van der Waals surface area (Å²) in [4.78, 5) is 13.0. The van der Waals surface area contributed by atoms with Gasteiger partial charge in [-0.15, -0.1) is 11.8 Å². The lowest BCUT2D eigenvalue weighted by Crippen LogP contribution is -2.07. The summed E-state index contributed by atoms with van der Waals surface area (Å²) in [6, 6.07) is 21.9. The summed E-state index contributed by atoms with van der Waals surface area (Å²) in [5.74, 6) is 0.870. The number of ether oxygens (including phenoxy) is 2. The molecule has 0 aliphatic carbocycles. The molecule has 0 bridgehead atoms. The van der Waals surface area contributed by atoms with Gasteiger partial charge in [0.25, 0.3) is 0 Å². The van der Waals surface area contributed by atoms with Crippen molar-refractivity contribution >= 4 is 28.5 Å². The predicted octanol–water partition coefficient (Wildman–Crippen LogP) is 4.68. The Bertz CT molecular complexity index is 828. The number of thioether (sulfide) groups is 1. The highest BCUT2D eigenvalue weighted by Crippen LogP contribution is 2.23. The Morgan fingerprint density at radius 2 is 1.71 bits per heavy atom. The van der Waals surface area contributed by atoms with Gasteiger partial charge in [-0.2, -0.15) is 0 Å². The second-order valence-electron chi connectivity index (χ2n) is 5.31. The molecule has 0 amide bonds. The second kappa shape index (κ2) is 7.88. The summed E-state index contributed by atoms with van der Waals surface area (Å²) < 4.78 is 10.4. The minimum Gasteiger partial charge on any atom is -0.497 e. The molecule has 0 saturated carbocycles. The number of carbonyl (C=O) groups is 1. The molecular formula is C20H18O3S. The van der Waals surface area contributed by atoms with Gasteiger partial charge in [0.2, 0.25) is 0 Å². The number of carbonyl (C=O) groups excluding carboxylic acids is 1. The number of rotatable bonds is 6. The first-order valence-corrected chi connectivity index (χ1v) is 8.63. The van der Waals surface area contributed by atoms with Crippen molar-refractivity contribution in [2.75, 3.05) is 12.9 Å². The highest BCUT2D eigenvalue weighted by atomic mass is 32.2. The van der Waals surface area contributed by atoms with Gasteiger partial charge in [0.05, 0.1) is 12.9 Å². The Kier molecular flexibility index (Phi) is 5.39. The van der Waals surface area contributed by atoms with E-state index < -0.39 is 0 Å². The van der Waals surface area contributed by atoms with Crippen LogP contribution in [0.1, 0.15) is 5.56 Å². The molecule has 0 unspecified atom stereocenters. The van der Waals surface area contributed by atoms with Crippen LogP contribution in [0.25, 0.3) is 10.8 Å². The first-order chi connectivity index (χ1) is 11.7. The third-order valence-electron chi connectivity index (χ3n) is 3.64. The zero-order valence-corrected chi connectivity index (χ0v) is 14.2. The van der Waals surface area contributed by atoms with E-state index in [2.05, 4.69) is 24.3 Å². The monoisotopic (exact) mass is 338 g/mol. The van der Waals surface area contributed by atoms with Crippen LogP contribution >= 0.6 is 11.8 Å². The number of esters is 1. The van der Waals surface area contributed by atoms with E-state index in [1.165, 1.54) is 22.5 Å². The van der Waals surface area contributed by atoms with Crippen molar-refractivity contribution in [3.8, 4) is 5.75 Å². The number of hydrogen-bond donors (Lipinski definition) is 0. The lowest BCUT2D eigenvalue weighted by Gasteiger charge is -2.06. The van der Waals surface area contributed by atoms with E-state index >= 15 is 0 Å². The summed E-state index contributed by atoms with van der Waals surface area (Å²) in [5, 5.41) is 2.37. The molecule has 122 valence electrons. The standard InChI is InChI=1S/C20H18O3S/c1-22-18-9-6-15(7-10-18)13-23-20(21)14-24-19-11-8-16-4-2-3-5-17(16)12-19/h2-12H,13-14H2,1H3. The van der Waals surface area contributed by atoms with Crippen molar-refractivity contribution in [1.29, 1.82) is 0 Å². The number of fused-ring (bicyclic) bond motifs is 1. The van der Waals surface area contributed by atoms with Crippen molar-refractivity contribution in [3.05, 3.63) is 72.3 Å². The Hall–Kier alpha value is -2.46. The van der Waals surface area contributed by atoms with Crippen LogP contribution in [0.5, 0.6) is 5.75 Å². The fourth-order valence-electron chi connectivity index (χ4n) is 2.33. The first-order valence-electron chi connectivity index (χ1n) is 7.65. The van der Waals surface area contributed by atoms with E-state index in [-0.39, 0.29) is 12.6 Å². The van der Waals surface area contributed by atoms with E-state index in [4.69, 9.17) is 9.47 Å². The molecule has 0 aromatic heterocycles.